The number of hydrogen-bond donors (Lipinski definition) is 0. The van der Waals surface area contributed by atoms with Gasteiger partial charge in [0, 0.05) is 0 Å². The van der Waals surface area contributed by atoms with Crippen LogP contribution >= 0.6 is 22.7 Å². The summed E-state index contributed by atoms with van der Waals surface area (Å²) in [7, 11) is 0. The molecule has 0 bridgehead atoms. The van der Waals surface area contributed by atoms with Crippen LogP contribution in [0.5, 0.6) is 0 Å². The van der Waals surface area contributed by atoms with E-state index in [2.05, 4.69) is 66.0 Å². The summed E-state index contributed by atoms with van der Waals surface area (Å²) in [5, 5.41) is 13.6. The molecule has 24 heavy (non-hydrogen) atoms. The van der Waals surface area contributed by atoms with Gasteiger partial charge in [-0.15, -0.1) is 22.7 Å². The van der Waals surface area contributed by atoms with Gasteiger partial charge < -0.3 is 0 Å². The molecule has 1 aliphatic rings. The van der Waals surface area contributed by atoms with Crippen LogP contribution in [0.15, 0.2) is 45.2 Å². The highest BCUT2D eigenvalue weighted by Crippen LogP contribution is 2.42. The Bertz CT molecular complexity index is 646. The highest BCUT2D eigenvalue weighted by molar-refractivity contribution is 7.13. The van der Waals surface area contributed by atoms with Crippen LogP contribution in [0, 0.1) is 11.3 Å². The first-order valence-electron chi connectivity index (χ1n) is 8.93. The van der Waals surface area contributed by atoms with E-state index in [1.165, 1.54) is 35.4 Å². The van der Waals surface area contributed by atoms with Gasteiger partial charge in [0.05, 0.1) is 26.6 Å². The van der Waals surface area contributed by atoms with Gasteiger partial charge >= 0.3 is 0 Å². The Balaban J connectivity index is 1.92. The minimum absolute atomic E-state index is 0.0792. The lowest BCUT2D eigenvalue weighted by molar-refractivity contribution is 0.364. The maximum Gasteiger partial charge on any atom is 0.0922 e. The van der Waals surface area contributed by atoms with E-state index in [0.29, 0.717) is 0 Å². The second kappa shape index (κ2) is 7.75. The number of hydrogen-bond acceptors (Lipinski definition) is 4. The zero-order valence-electron chi connectivity index (χ0n) is 14.8. The smallest absolute Gasteiger partial charge is 0.0922 e. The third kappa shape index (κ3) is 3.40. The van der Waals surface area contributed by atoms with Gasteiger partial charge in [-0.25, -0.2) is 0 Å². The summed E-state index contributed by atoms with van der Waals surface area (Å²) in [4.78, 5) is 2.52. The van der Waals surface area contributed by atoms with E-state index in [0.717, 1.165) is 23.8 Å². The lowest BCUT2D eigenvalue weighted by Crippen LogP contribution is -2.36. The fourth-order valence-electron chi connectivity index (χ4n) is 3.62. The fraction of sp³-hybridized carbons (Fsp3) is 0.500. The maximum absolute atomic E-state index is 4.66. The topological polar surface area (TPSA) is 24.7 Å². The monoisotopic (exact) mass is 358 g/mol. The lowest BCUT2D eigenvalue weighted by Gasteiger charge is -2.31. The number of rotatable bonds is 8. The Labute approximate surface area is 153 Å². The highest BCUT2D eigenvalue weighted by atomic mass is 32.1. The molecule has 2 aromatic heterocycles. The van der Waals surface area contributed by atoms with E-state index in [4.69, 9.17) is 0 Å². The Morgan fingerprint density at radius 2 is 1.58 bits per heavy atom. The molecule has 3 rings (SSSR count). The van der Waals surface area contributed by atoms with Gasteiger partial charge in [-0.2, -0.15) is 10.2 Å². The van der Waals surface area contributed by atoms with Gasteiger partial charge in [0.25, 0.3) is 0 Å². The number of thiophene rings is 2. The van der Waals surface area contributed by atoms with Crippen LogP contribution in [0.1, 0.15) is 62.6 Å². The van der Waals surface area contributed by atoms with Crippen LogP contribution < -0.4 is 0 Å². The van der Waals surface area contributed by atoms with Gasteiger partial charge in [0.1, 0.15) is 0 Å². The second-order valence-corrected chi connectivity index (χ2v) is 8.70. The van der Waals surface area contributed by atoms with Gasteiger partial charge in [-0.05, 0) is 42.2 Å². The van der Waals surface area contributed by atoms with Gasteiger partial charge in [0.15, 0.2) is 0 Å². The summed E-state index contributed by atoms with van der Waals surface area (Å²) in [6, 6.07) is 8.59. The van der Waals surface area contributed by atoms with Gasteiger partial charge in [-0.1, -0.05) is 51.7 Å². The van der Waals surface area contributed by atoms with Crippen molar-refractivity contribution in [1.29, 1.82) is 0 Å². The van der Waals surface area contributed by atoms with Crippen molar-refractivity contribution in [1.82, 2.24) is 0 Å². The van der Waals surface area contributed by atoms with Crippen LogP contribution in [0.3, 0.4) is 0 Å². The SMILES string of the molecule is CCCCC(CC)CC1(C)C(c2cccs2)=NN=C1c1cccs1. The zero-order valence-corrected chi connectivity index (χ0v) is 16.4. The molecule has 0 N–H and O–H groups in total. The van der Waals surface area contributed by atoms with E-state index < -0.39 is 0 Å². The van der Waals surface area contributed by atoms with Crippen molar-refractivity contribution in [3.8, 4) is 0 Å². The molecule has 0 radical (unpaired) electrons. The predicted molar refractivity (Wildman–Crippen MR) is 108 cm³/mol. The molecule has 4 heteroatoms. The molecule has 2 aromatic rings. The molecule has 1 atom stereocenters. The van der Waals surface area contributed by atoms with E-state index in [1.54, 1.807) is 22.7 Å². The van der Waals surface area contributed by atoms with Crippen molar-refractivity contribution in [3.05, 3.63) is 44.8 Å². The molecule has 0 fully saturated rings. The number of nitrogens with zero attached hydrogens (tertiary/aromatic N) is 2. The summed E-state index contributed by atoms with van der Waals surface area (Å²) in [6.07, 6.45) is 6.25. The van der Waals surface area contributed by atoms with E-state index >= 15 is 0 Å². The molecule has 3 heterocycles. The molecule has 0 saturated carbocycles. The number of unbranched alkanes of at least 4 members (excludes halogenated alkanes) is 1. The highest BCUT2D eigenvalue weighted by Gasteiger charge is 2.43. The minimum Gasteiger partial charge on any atom is -0.153 e. The first kappa shape index (κ1) is 17.6. The molecule has 1 aliphatic heterocycles. The lowest BCUT2D eigenvalue weighted by atomic mass is 9.71. The Morgan fingerprint density at radius 3 is 2.00 bits per heavy atom. The van der Waals surface area contributed by atoms with Gasteiger partial charge in [-0.3, -0.25) is 0 Å². The average Bonchev–Trinajstić information content (AvgIpc) is 3.31. The molecule has 2 nitrogen and oxygen atoms in total. The standard InChI is InChI=1S/C20H26N2S2/c1-4-6-9-15(5-2)14-20(3)18(16-10-7-12-23-16)21-22-19(20)17-11-8-13-24-17/h7-8,10-13,15H,4-6,9,14H2,1-3H3. The summed E-state index contributed by atoms with van der Waals surface area (Å²) in [5.41, 5.74) is 2.25. The van der Waals surface area contributed by atoms with Crippen molar-refractivity contribution in [3.63, 3.8) is 0 Å². The molecule has 0 aliphatic carbocycles. The van der Waals surface area contributed by atoms with Crippen LogP contribution in [-0.2, 0) is 0 Å². The average molecular weight is 359 g/mol. The van der Waals surface area contributed by atoms with Crippen LogP contribution in [-0.4, -0.2) is 11.4 Å². The third-order valence-electron chi connectivity index (χ3n) is 5.04. The van der Waals surface area contributed by atoms with E-state index in [9.17, 15) is 0 Å². The molecule has 128 valence electrons. The maximum atomic E-state index is 4.66. The van der Waals surface area contributed by atoms with Crippen molar-refractivity contribution >= 4 is 34.1 Å². The summed E-state index contributed by atoms with van der Waals surface area (Å²) < 4.78 is 0. The van der Waals surface area contributed by atoms with Crippen molar-refractivity contribution < 1.29 is 0 Å². The quantitative estimate of drug-likeness (QED) is 0.506. The zero-order chi connectivity index (χ0) is 17.0. The first-order valence-corrected chi connectivity index (χ1v) is 10.7. The van der Waals surface area contributed by atoms with Crippen LogP contribution in [0.25, 0.3) is 0 Å². The van der Waals surface area contributed by atoms with E-state index in [-0.39, 0.29) is 5.41 Å². The van der Waals surface area contributed by atoms with E-state index in [1.807, 2.05) is 0 Å². The fourth-order valence-corrected chi connectivity index (χ4v) is 5.29. The summed E-state index contributed by atoms with van der Waals surface area (Å²) in [5.74, 6) is 0.725. The van der Waals surface area contributed by atoms with Crippen LogP contribution in [0.4, 0.5) is 0 Å². The van der Waals surface area contributed by atoms with Crippen LogP contribution in [0.2, 0.25) is 0 Å². The third-order valence-corrected chi connectivity index (χ3v) is 6.80. The molecule has 0 amide bonds. The summed E-state index contributed by atoms with van der Waals surface area (Å²) >= 11 is 3.55. The molecular weight excluding hydrogens is 332 g/mol. The van der Waals surface area contributed by atoms with Crippen molar-refractivity contribution in [2.24, 2.45) is 21.5 Å². The Hall–Kier alpha value is -1.26. The summed E-state index contributed by atoms with van der Waals surface area (Å²) in [6.45, 7) is 6.95. The Kier molecular flexibility index (Phi) is 5.67. The van der Waals surface area contributed by atoms with Crippen molar-refractivity contribution in [2.75, 3.05) is 0 Å². The van der Waals surface area contributed by atoms with Crippen molar-refractivity contribution in [2.45, 2.75) is 52.9 Å². The Morgan fingerprint density at radius 1 is 1.00 bits per heavy atom. The largest absolute Gasteiger partial charge is 0.153 e. The molecule has 0 saturated heterocycles. The van der Waals surface area contributed by atoms with Gasteiger partial charge in [0.2, 0.25) is 0 Å². The second-order valence-electron chi connectivity index (χ2n) is 6.80. The molecule has 0 aromatic carbocycles. The normalized spacial score (nSPS) is 17.6. The molecule has 1 unspecified atom stereocenters. The first-order chi connectivity index (χ1) is 11.7. The molecule has 0 spiro atoms. The molecular formula is C20H26N2S2. The predicted octanol–water partition coefficient (Wildman–Crippen LogP) is 6.63. The minimum atomic E-state index is -0.0792.